The maximum absolute atomic E-state index is 4.43. The number of aromatic nitrogens is 1. The SMILES string of the molecule is CN1CCCc2cc3cccnc3cc2C1. The Morgan fingerprint density at radius 1 is 1.25 bits per heavy atom. The molecule has 1 aromatic carbocycles. The predicted octanol–water partition coefficient (Wildman–Crippen LogP) is 2.61. The van der Waals surface area contributed by atoms with Crippen molar-refractivity contribution in [2.75, 3.05) is 13.6 Å². The van der Waals surface area contributed by atoms with E-state index in [4.69, 9.17) is 0 Å². The maximum atomic E-state index is 4.43. The lowest BCUT2D eigenvalue weighted by Crippen LogP contribution is -2.17. The summed E-state index contributed by atoms with van der Waals surface area (Å²) in [5.41, 5.74) is 4.08. The Balaban J connectivity index is 2.16. The van der Waals surface area contributed by atoms with Gasteiger partial charge >= 0.3 is 0 Å². The maximum Gasteiger partial charge on any atom is 0.0705 e. The lowest BCUT2D eigenvalue weighted by Gasteiger charge is -2.13. The summed E-state index contributed by atoms with van der Waals surface area (Å²) in [5.74, 6) is 0. The number of aryl methyl sites for hydroxylation is 1. The molecule has 0 spiro atoms. The molecule has 0 amide bonds. The van der Waals surface area contributed by atoms with Gasteiger partial charge in [0.15, 0.2) is 0 Å². The van der Waals surface area contributed by atoms with Crippen molar-refractivity contribution in [1.82, 2.24) is 9.88 Å². The fourth-order valence-electron chi connectivity index (χ4n) is 2.50. The fraction of sp³-hybridized carbons (Fsp3) is 0.357. The van der Waals surface area contributed by atoms with Gasteiger partial charge < -0.3 is 4.90 Å². The molecule has 2 heteroatoms. The van der Waals surface area contributed by atoms with Gasteiger partial charge in [-0.15, -0.1) is 0 Å². The van der Waals surface area contributed by atoms with Gasteiger partial charge in [0.05, 0.1) is 5.52 Å². The van der Waals surface area contributed by atoms with Gasteiger partial charge in [-0.25, -0.2) is 0 Å². The molecule has 2 aromatic rings. The van der Waals surface area contributed by atoms with Gasteiger partial charge in [-0.1, -0.05) is 6.07 Å². The minimum atomic E-state index is 1.06. The number of pyridine rings is 1. The molecule has 3 rings (SSSR count). The molecule has 0 unspecified atom stereocenters. The molecular formula is C14H16N2. The molecule has 1 aromatic heterocycles. The van der Waals surface area contributed by atoms with E-state index in [9.17, 15) is 0 Å². The van der Waals surface area contributed by atoms with E-state index in [1.807, 2.05) is 12.3 Å². The highest BCUT2D eigenvalue weighted by molar-refractivity contribution is 5.80. The van der Waals surface area contributed by atoms with E-state index in [-0.39, 0.29) is 0 Å². The third-order valence-corrected chi connectivity index (χ3v) is 3.35. The predicted molar refractivity (Wildman–Crippen MR) is 66.4 cm³/mol. The molecule has 0 N–H and O–H groups in total. The summed E-state index contributed by atoms with van der Waals surface area (Å²) >= 11 is 0. The van der Waals surface area contributed by atoms with Gasteiger partial charge in [-0.3, -0.25) is 4.98 Å². The number of fused-ring (bicyclic) bond motifs is 2. The average molecular weight is 212 g/mol. The summed E-state index contributed by atoms with van der Waals surface area (Å²) < 4.78 is 0. The second kappa shape index (κ2) is 3.87. The van der Waals surface area contributed by atoms with Crippen molar-refractivity contribution in [3.63, 3.8) is 0 Å². The van der Waals surface area contributed by atoms with Crippen LogP contribution < -0.4 is 0 Å². The monoisotopic (exact) mass is 212 g/mol. The second-order valence-electron chi connectivity index (χ2n) is 4.66. The molecule has 2 nitrogen and oxygen atoms in total. The standard InChI is InChI=1S/C14H16N2/c1-16-7-3-5-11-8-12-4-2-6-15-14(12)9-13(11)10-16/h2,4,6,8-9H,3,5,7,10H2,1H3. The first-order valence-electron chi connectivity index (χ1n) is 5.88. The van der Waals surface area contributed by atoms with E-state index in [1.165, 1.54) is 35.9 Å². The smallest absolute Gasteiger partial charge is 0.0705 e. The van der Waals surface area contributed by atoms with Crippen molar-refractivity contribution in [1.29, 1.82) is 0 Å². The van der Waals surface area contributed by atoms with E-state index in [1.54, 1.807) is 0 Å². The molecule has 0 fully saturated rings. The Bertz CT molecular complexity index is 519. The summed E-state index contributed by atoms with van der Waals surface area (Å²) in [6.45, 7) is 2.25. The Hall–Kier alpha value is -1.41. The van der Waals surface area contributed by atoms with E-state index in [0.717, 1.165) is 12.1 Å². The van der Waals surface area contributed by atoms with E-state index in [2.05, 4.69) is 35.1 Å². The summed E-state index contributed by atoms with van der Waals surface area (Å²) in [6, 6.07) is 8.73. The van der Waals surface area contributed by atoms with Crippen molar-refractivity contribution >= 4 is 10.9 Å². The summed E-state index contributed by atoms with van der Waals surface area (Å²) in [7, 11) is 2.19. The second-order valence-corrected chi connectivity index (χ2v) is 4.66. The molecule has 0 saturated heterocycles. The number of benzene rings is 1. The molecule has 0 radical (unpaired) electrons. The number of rotatable bonds is 0. The van der Waals surface area contributed by atoms with Crippen molar-refractivity contribution < 1.29 is 0 Å². The minimum Gasteiger partial charge on any atom is -0.302 e. The zero-order valence-corrected chi connectivity index (χ0v) is 9.61. The number of nitrogens with zero attached hydrogens (tertiary/aromatic N) is 2. The molecule has 0 saturated carbocycles. The summed E-state index contributed by atoms with van der Waals surface area (Å²) in [5, 5.41) is 1.27. The Morgan fingerprint density at radius 2 is 2.19 bits per heavy atom. The largest absolute Gasteiger partial charge is 0.302 e. The molecular weight excluding hydrogens is 196 g/mol. The molecule has 1 aliphatic heterocycles. The zero-order valence-electron chi connectivity index (χ0n) is 9.61. The third kappa shape index (κ3) is 1.69. The van der Waals surface area contributed by atoms with Crippen LogP contribution in [-0.2, 0) is 13.0 Å². The Labute approximate surface area is 95.9 Å². The Kier molecular flexibility index (Phi) is 2.37. The fourth-order valence-corrected chi connectivity index (χ4v) is 2.50. The molecule has 1 aliphatic rings. The first kappa shape index (κ1) is 9.79. The molecule has 0 atom stereocenters. The van der Waals surface area contributed by atoms with Crippen molar-refractivity contribution in [3.05, 3.63) is 41.6 Å². The van der Waals surface area contributed by atoms with Gasteiger partial charge in [-0.2, -0.15) is 0 Å². The number of hydrogen-bond donors (Lipinski definition) is 0. The molecule has 82 valence electrons. The molecule has 0 aliphatic carbocycles. The average Bonchev–Trinajstić information content (AvgIpc) is 2.46. The highest BCUT2D eigenvalue weighted by Crippen LogP contribution is 2.23. The van der Waals surface area contributed by atoms with Crippen molar-refractivity contribution in [2.45, 2.75) is 19.4 Å². The zero-order chi connectivity index (χ0) is 11.0. The highest BCUT2D eigenvalue weighted by Gasteiger charge is 2.12. The van der Waals surface area contributed by atoms with Crippen LogP contribution in [0.4, 0.5) is 0 Å². The molecule has 2 heterocycles. The van der Waals surface area contributed by atoms with E-state index in [0.29, 0.717) is 0 Å². The quantitative estimate of drug-likeness (QED) is 0.667. The molecule has 16 heavy (non-hydrogen) atoms. The van der Waals surface area contributed by atoms with Crippen LogP contribution in [0, 0.1) is 0 Å². The summed E-state index contributed by atoms with van der Waals surface area (Å²) in [4.78, 5) is 6.82. The minimum absolute atomic E-state index is 1.06. The Morgan fingerprint density at radius 3 is 3.12 bits per heavy atom. The highest BCUT2D eigenvalue weighted by atomic mass is 15.1. The first-order chi connectivity index (χ1) is 7.83. The van der Waals surface area contributed by atoms with Gasteiger partial charge in [-0.05, 0) is 55.8 Å². The topological polar surface area (TPSA) is 16.1 Å². The van der Waals surface area contributed by atoms with Crippen LogP contribution in [0.3, 0.4) is 0 Å². The lowest BCUT2D eigenvalue weighted by atomic mass is 10.0. The third-order valence-electron chi connectivity index (χ3n) is 3.35. The van der Waals surface area contributed by atoms with Crippen LogP contribution >= 0.6 is 0 Å². The van der Waals surface area contributed by atoms with E-state index < -0.39 is 0 Å². The van der Waals surface area contributed by atoms with Crippen molar-refractivity contribution in [3.8, 4) is 0 Å². The van der Waals surface area contributed by atoms with Crippen molar-refractivity contribution in [2.24, 2.45) is 0 Å². The van der Waals surface area contributed by atoms with Gasteiger partial charge in [0.2, 0.25) is 0 Å². The van der Waals surface area contributed by atoms with Crippen LogP contribution in [0.2, 0.25) is 0 Å². The van der Waals surface area contributed by atoms with Crippen LogP contribution in [-0.4, -0.2) is 23.5 Å². The lowest BCUT2D eigenvalue weighted by molar-refractivity contribution is 0.332. The van der Waals surface area contributed by atoms with Crippen LogP contribution in [0.1, 0.15) is 17.5 Å². The normalized spacial score (nSPS) is 17.1. The number of hydrogen-bond acceptors (Lipinski definition) is 2. The van der Waals surface area contributed by atoms with Gasteiger partial charge in [0, 0.05) is 18.1 Å². The van der Waals surface area contributed by atoms with Gasteiger partial charge in [0.25, 0.3) is 0 Å². The molecule has 0 bridgehead atoms. The van der Waals surface area contributed by atoms with E-state index >= 15 is 0 Å². The summed E-state index contributed by atoms with van der Waals surface area (Å²) in [6.07, 6.45) is 4.33. The van der Waals surface area contributed by atoms with Crippen LogP contribution in [0.25, 0.3) is 10.9 Å². The van der Waals surface area contributed by atoms with Gasteiger partial charge in [0.1, 0.15) is 0 Å². The van der Waals surface area contributed by atoms with Crippen LogP contribution in [0.5, 0.6) is 0 Å². The first-order valence-corrected chi connectivity index (χ1v) is 5.88. The van der Waals surface area contributed by atoms with Crippen LogP contribution in [0.15, 0.2) is 30.5 Å².